The van der Waals surface area contributed by atoms with Crippen molar-refractivity contribution in [1.29, 1.82) is 0 Å². The first kappa shape index (κ1) is 18.2. The van der Waals surface area contributed by atoms with Gasteiger partial charge in [-0.3, -0.25) is 0 Å². The maximum Gasteiger partial charge on any atom is -0.00109 e. The molecule has 2 heteroatoms. The van der Waals surface area contributed by atoms with Gasteiger partial charge < -0.3 is 10.6 Å². The Kier molecular flexibility index (Phi) is 10.2. The highest BCUT2D eigenvalue weighted by molar-refractivity contribution is 5.14. The van der Waals surface area contributed by atoms with Gasteiger partial charge in [-0.05, 0) is 62.8 Å². The molecule has 0 saturated heterocycles. The normalized spacial score (nSPS) is 12.8. The van der Waals surface area contributed by atoms with Crippen LogP contribution in [0.2, 0.25) is 0 Å². The number of hydrogen-bond donors (Lipinski definition) is 2. The highest BCUT2D eigenvalue weighted by atomic mass is 14.9. The largest absolute Gasteiger partial charge is 0.316 e. The van der Waals surface area contributed by atoms with Crippen molar-refractivity contribution in [2.75, 3.05) is 26.2 Å². The van der Waals surface area contributed by atoms with Crippen LogP contribution in [-0.2, 0) is 6.42 Å². The van der Waals surface area contributed by atoms with Crippen molar-refractivity contribution in [2.45, 2.75) is 46.5 Å². The highest BCUT2D eigenvalue weighted by Gasteiger charge is 2.01. The summed E-state index contributed by atoms with van der Waals surface area (Å²) in [5.74, 6) is 1.46. The van der Waals surface area contributed by atoms with Gasteiger partial charge in [-0.25, -0.2) is 0 Å². The van der Waals surface area contributed by atoms with E-state index >= 15 is 0 Å². The summed E-state index contributed by atoms with van der Waals surface area (Å²) < 4.78 is 0. The first-order valence-electron chi connectivity index (χ1n) is 8.64. The lowest BCUT2D eigenvalue weighted by atomic mass is 10.1. The molecule has 2 N–H and O–H groups in total. The number of nitrogens with one attached hydrogen (secondary N) is 2. The van der Waals surface area contributed by atoms with Crippen molar-refractivity contribution in [2.24, 2.45) is 11.8 Å². The summed E-state index contributed by atoms with van der Waals surface area (Å²) in [7, 11) is 0. The Balaban J connectivity index is 1.88. The van der Waals surface area contributed by atoms with Crippen LogP contribution >= 0.6 is 0 Å². The Morgan fingerprint density at radius 2 is 1.52 bits per heavy atom. The summed E-state index contributed by atoms with van der Waals surface area (Å²) in [6.07, 6.45) is 5.13. The molecule has 120 valence electrons. The lowest BCUT2D eigenvalue weighted by Crippen LogP contribution is -2.31. The molecule has 2 nitrogen and oxygen atoms in total. The van der Waals surface area contributed by atoms with Crippen molar-refractivity contribution in [3.05, 3.63) is 35.9 Å². The summed E-state index contributed by atoms with van der Waals surface area (Å²) in [5, 5.41) is 7.11. The number of benzene rings is 1. The van der Waals surface area contributed by atoms with Gasteiger partial charge in [-0.15, -0.1) is 0 Å². The van der Waals surface area contributed by atoms with Crippen molar-refractivity contribution in [3.8, 4) is 0 Å². The van der Waals surface area contributed by atoms with E-state index in [1.807, 2.05) is 0 Å². The molecule has 0 radical (unpaired) electrons. The first-order valence-corrected chi connectivity index (χ1v) is 8.64. The predicted molar refractivity (Wildman–Crippen MR) is 93.7 cm³/mol. The molecule has 0 aliphatic heterocycles. The van der Waals surface area contributed by atoms with Gasteiger partial charge in [0.15, 0.2) is 0 Å². The minimum absolute atomic E-state index is 0.716. The molecule has 21 heavy (non-hydrogen) atoms. The molecule has 0 aliphatic carbocycles. The first-order chi connectivity index (χ1) is 10.2. The van der Waals surface area contributed by atoms with E-state index in [2.05, 4.69) is 61.7 Å². The molecular formula is C19H34N2. The van der Waals surface area contributed by atoms with Crippen LogP contribution in [0.4, 0.5) is 0 Å². The highest BCUT2D eigenvalue weighted by Crippen LogP contribution is 2.05. The fourth-order valence-electron chi connectivity index (χ4n) is 2.44. The molecule has 0 spiro atoms. The lowest BCUT2D eigenvalue weighted by Gasteiger charge is -2.14. The van der Waals surface area contributed by atoms with E-state index in [0.717, 1.165) is 32.1 Å². The average molecular weight is 290 g/mol. The summed E-state index contributed by atoms with van der Waals surface area (Å²) >= 11 is 0. The zero-order valence-electron chi connectivity index (χ0n) is 14.2. The van der Waals surface area contributed by atoms with E-state index in [1.54, 1.807) is 0 Å². The quantitative estimate of drug-likeness (QED) is 0.571. The maximum atomic E-state index is 3.58. The van der Waals surface area contributed by atoms with E-state index in [0.29, 0.717) is 5.92 Å². The SMILES string of the molecule is CC(C)CNCC(C)CNCCCCCc1ccccc1. The van der Waals surface area contributed by atoms with Crippen molar-refractivity contribution in [1.82, 2.24) is 10.6 Å². The van der Waals surface area contributed by atoms with E-state index < -0.39 is 0 Å². The van der Waals surface area contributed by atoms with Gasteiger partial charge in [0.05, 0.1) is 0 Å². The fraction of sp³-hybridized carbons (Fsp3) is 0.684. The van der Waals surface area contributed by atoms with Crippen LogP contribution < -0.4 is 10.6 Å². The number of hydrogen-bond acceptors (Lipinski definition) is 2. The van der Waals surface area contributed by atoms with E-state index in [9.17, 15) is 0 Å². The Morgan fingerprint density at radius 1 is 0.810 bits per heavy atom. The third-order valence-corrected chi connectivity index (χ3v) is 3.70. The molecule has 0 bridgehead atoms. The molecule has 1 aromatic rings. The monoisotopic (exact) mass is 290 g/mol. The Labute approximate surface area is 131 Å². The molecule has 1 aromatic carbocycles. The molecular weight excluding hydrogens is 256 g/mol. The third kappa shape index (κ3) is 10.5. The molecule has 1 rings (SSSR count). The van der Waals surface area contributed by atoms with Gasteiger partial charge in [0.1, 0.15) is 0 Å². The van der Waals surface area contributed by atoms with Crippen LogP contribution in [0.25, 0.3) is 0 Å². The molecule has 0 heterocycles. The molecule has 0 aliphatic rings. The van der Waals surface area contributed by atoms with Crippen LogP contribution in [0, 0.1) is 11.8 Å². The standard InChI is InChI=1S/C19H34N2/c1-17(2)14-21-16-18(3)15-20-13-9-5-8-12-19-10-6-4-7-11-19/h4,6-7,10-11,17-18,20-21H,5,8-9,12-16H2,1-3H3. The summed E-state index contributed by atoms with van der Waals surface area (Å²) in [6.45, 7) is 11.4. The van der Waals surface area contributed by atoms with Gasteiger partial charge >= 0.3 is 0 Å². The predicted octanol–water partition coefficient (Wildman–Crippen LogP) is 3.87. The second-order valence-electron chi connectivity index (χ2n) is 6.66. The van der Waals surface area contributed by atoms with Gasteiger partial charge in [-0.2, -0.15) is 0 Å². The van der Waals surface area contributed by atoms with Gasteiger partial charge in [0, 0.05) is 0 Å². The minimum Gasteiger partial charge on any atom is -0.316 e. The summed E-state index contributed by atoms with van der Waals surface area (Å²) in [6, 6.07) is 10.8. The topological polar surface area (TPSA) is 24.1 Å². The summed E-state index contributed by atoms with van der Waals surface area (Å²) in [4.78, 5) is 0. The smallest absolute Gasteiger partial charge is 0.00109 e. The summed E-state index contributed by atoms with van der Waals surface area (Å²) in [5.41, 5.74) is 1.47. The van der Waals surface area contributed by atoms with Crippen LogP contribution in [-0.4, -0.2) is 26.2 Å². The number of aryl methyl sites for hydroxylation is 1. The van der Waals surface area contributed by atoms with Crippen molar-refractivity contribution >= 4 is 0 Å². The third-order valence-electron chi connectivity index (χ3n) is 3.70. The molecule has 0 fully saturated rings. The fourth-order valence-corrected chi connectivity index (χ4v) is 2.44. The van der Waals surface area contributed by atoms with Crippen LogP contribution in [0.1, 0.15) is 45.6 Å². The Bertz CT molecular complexity index is 335. The second-order valence-corrected chi connectivity index (χ2v) is 6.66. The zero-order chi connectivity index (χ0) is 15.3. The molecule has 1 unspecified atom stereocenters. The van der Waals surface area contributed by atoms with E-state index in [-0.39, 0.29) is 0 Å². The average Bonchev–Trinajstić information content (AvgIpc) is 2.47. The molecule has 0 amide bonds. The lowest BCUT2D eigenvalue weighted by molar-refractivity contribution is 0.446. The van der Waals surface area contributed by atoms with Crippen LogP contribution in [0.15, 0.2) is 30.3 Å². The van der Waals surface area contributed by atoms with Gasteiger partial charge in [0.2, 0.25) is 0 Å². The van der Waals surface area contributed by atoms with Gasteiger partial charge in [-0.1, -0.05) is 57.5 Å². The minimum atomic E-state index is 0.716. The van der Waals surface area contributed by atoms with Crippen molar-refractivity contribution in [3.63, 3.8) is 0 Å². The van der Waals surface area contributed by atoms with Crippen molar-refractivity contribution < 1.29 is 0 Å². The van der Waals surface area contributed by atoms with Gasteiger partial charge in [0.25, 0.3) is 0 Å². The van der Waals surface area contributed by atoms with Crippen LogP contribution in [0.5, 0.6) is 0 Å². The Morgan fingerprint density at radius 3 is 2.24 bits per heavy atom. The van der Waals surface area contributed by atoms with E-state index in [1.165, 1.54) is 31.2 Å². The number of unbranched alkanes of at least 4 members (excludes halogenated alkanes) is 2. The maximum absolute atomic E-state index is 3.58. The zero-order valence-corrected chi connectivity index (χ0v) is 14.2. The molecule has 0 aromatic heterocycles. The second kappa shape index (κ2) is 11.8. The van der Waals surface area contributed by atoms with E-state index in [4.69, 9.17) is 0 Å². The van der Waals surface area contributed by atoms with Crippen LogP contribution in [0.3, 0.4) is 0 Å². The molecule has 0 saturated carbocycles. The number of rotatable bonds is 12. The Hall–Kier alpha value is -0.860. The molecule has 1 atom stereocenters.